The van der Waals surface area contributed by atoms with Gasteiger partial charge in [-0.3, -0.25) is 24.7 Å². The number of urea groups is 1. The van der Waals surface area contributed by atoms with E-state index in [-0.39, 0.29) is 35.2 Å². The van der Waals surface area contributed by atoms with Crippen molar-refractivity contribution in [2.75, 3.05) is 36.4 Å². The van der Waals surface area contributed by atoms with Gasteiger partial charge in [0.1, 0.15) is 0 Å². The molecule has 0 spiro atoms. The van der Waals surface area contributed by atoms with Gasteiger partial charge in [-0.15, -0.1) is 17.0 Å². The van der Waals surface area contributed by atoms with E-state index in [9.17, 15) is 14.4 Å². The van der Waals surface area contributed by atoms with Crippen molar-refractivity contribution in [1.82, 2.24) is 15.5 Å². The molecule has 27 heavy (non-hydrogen) atoms. The number of carbonyl (C=O) groups is 3. The van der Waals surface area contributed by atoms with Crippen molar-refractivity contribution in [2.45, 2.75) is 32.4 Å². The smallest absolute Gasteiger partial charge is 0.325 e. The third-order valence-electron chi connectivity index (χ3n) is 4.83. The van der Waals surface area contributed by atoms with Gasteiger partial charge in [-0.2, -0.15) is 0 Å². The van der Waals surface area contributed by atoms with E-state index in [2.05, 4.69) is 34.7 Å². The molecule has 4 amide bonds. The number of halogens is 1. The van der Waals surface area contributed by atoms with Crippen LogP contribution >= 0.6 is 17.0 Å². The highest BCUT2D eigenvalue weighted by atomic mass is 79.9. The summed E-state index contributed by atoms with van der Waals surface area (Å²) in [5.74, 6) is -0.351. The Bertz CT molecular complexity index is 704. The fourth-order valence-corrected chi connectivity index (χ4v) is 3.41. The molecule has 1 aromatic carbocycles. The molecule has 1 aromatic rings. The van der Waals surface area contributed by atoms with Gasteiger partial charge in [0.05, 0.1) is 6.54 Å². The summed E-state index contributed by atoms with van der Waals surface area (Å²) in [6, 6.07) is 7.26. The van der Waals surface area contributed by atoms with Gasteiger partial charge in [-0.1, -0.05) is 6.07 Å². The molecule has 0 radical (unpaired) electrons. The lowest BCUT2D eigenvalue weighted by atomic mass is 10.1. The van der Waals surface area contributed by atoms with Crippen molar-refractivity contribution in [3.8, 4) is 0 Å². The van der Waals surface area contributed by atoms with E-state index in [1.54, 1.807) is 24.3 Å². The Kier molecular flexibility index (Phi) is 7.34. The van der Waals surface area contributed by atoms with Gasteiger partial charge in [0.25, 0.3) is 0 Å². The lowest BCUT2D eigenvalue weighted by Crippen LogP contribution is -2.56. The summed E-state index contributed by atoms with van der Waals surface area (Å²) in [5, 5.41) is 8.55. The number of anilines is 2. The van der Waals surface area contributed by atoms with Crippen LogP contribution in [-0.4, -0.2) is 61.0 Å². The number of piperazine rings is 1. The van der Waals surface area contributed by atoms with Crippen LogP contribution < -0.4 is 20.9 Å². The molecule has 3 rings (SSSR count). The van der Waals surface area contributed by atoms with Gasteiger partial charge in [-0.05, 0) is 32.0 Å². The Morgan fingerprint density at radius 1 is 1.22 bits per heavy atom. The Hall–Kier alpha value is -1.97. The van der Waals surface area contributed by atoms with E-state index in [4.69, 9.17) is 0 Å². The standard InChI is InChI=1S/C18H25N5O3.BrH/c1-12-9-19-10-13(2)23(12)11-17(25)20-14-4-3-5-15(8-14)22-7-6-16(24)21-18(22)26;/h3-5,8,12-13,19H,6-7,9-11H2,1-2H3,(H,20,25)(H,21,24,26);1H/t12-,13+;. The molecule has 0 bridgehead atoms. The van der Waals surface area contributed by atoms with Crippen LogP contribution in [0.4, 0.5) is 16.2 Å². The summed E-state index contributed by atoms with van der Waals surface area (Å²) in [6.07, 6.45) is 0.265. The summed E-state index contributed by atoms with van der Waals surface area (Å²) in [7, 11) is 0. The van der Waals surface area contributed by atoms with Gasteiger partial charge in [0.15, 0.2) is 0 Å². The van der Waals surface area contributed by atoms with Crippen molar-refractivity contribution >= 4 is 46.2 Å². The maximum atomic E-state index is 12.5. The van der Waals surface area contributed by atoms with Crippen LogP contribution in [0.15, 0.2) is 24.3 Å². The molecule has 2 aliphatic heterocycles. The van der Waals surface area contributed by atoms with Crippen LogP contribution in [0.5, 0.6) is 0 Å². The highest BCUT2D eigenvalue weighted by Crippen LogP contribution is 2.21. The molecule has 9 heteroatoms. The number of carbonyl (C=O) groups excluding carboxylic acids is 3. The first-order valence-electron chi connectivity index (χ1n) is 8.92. The van der Waals surface area contributed by atoms with E-state index in [1.807, 2.05) is 0 Å². The van der Waals surface area contributed by atoms with Crippen molar-refractivity contribution in [2.24, 2.45) is 0 Å². The quantitative estimate of drug-likeness (QED) is 0.657. The lowest BCUT2D eigenvalue weighted by Gasteiger charge is -2.38. The minimum Gasteiger partial charge on any atom is -0.325 e. The highest BCUT2D eigenvalue weighted by molar-refractivity contribution is 8.93. The fraction of sp³-hybridized carbons (Fsp3) is 0.500. The highest BCUT2D eigenvalue weighted by Gasteiger charge is 2.27. The molecule has 2 heterocycles. The number of hydrogen-bond donors (Lipinski definition) is 3. The van der Waals surface area contributed by atoms with Gasteiger partial charge in [-0.25, -0.2) is 4.79 Å². The van der Waals surface area contributed by atoms with Crippen molar-refractivity contribution in [3.63, 3.8) is 0 Å². The van der Waals surface area contributed by atoms with E-state index in [0.29, 0.717) is 36.5 Å². The topological polar surface area (TPSA) is 93.8 Å². The molecule has 2 aliphatic rings. The van der Waals surface area contributed by atoms with Crippen LogP contribution in [0.25, 0.3) is 0 Å². The molecule has 2 atom stereocenters. The van der Waals surface area contributed by atoms with Crippen LogP contribution in [0, 0.1) is 0 Å². The number of hydrogen-bond acceptors (Lipinski definition) is 5. The third-order valence-corrected chi connectivity index (χ3v) is 4.83. The maximum absolute atomic E-state index is 12.5. The van der Waals surface area contributed by atoms with E-state index < -0.39 is 6.03 Å². The van der Waals surface area contributed by atoms with Crippen molar-refractivity contribution < 1.29 is 14.4 Å². The van der Waals surface area contributed by atoms with Gasteiger partial charge in [0, 0.05) is 49.5 Å². The minimum absolute atomic E-state index is 0. The fourth-order valence-electron chi connectivity index (χ4n) is 3.41. The number of amides is 4. The molecule has 2 saturated heterocycles. The Morgan fingerprint density at radius 2 is 1.93 bits per heavy atom. The van der Waals surface area contributed by atoms with Gasteiger partial charge in [0.2, 0.25) is 11.8 Å². The molecule has 3 N–H and O–H groups in total. The Labute approximate surface area is 169 Å². The SMILES string of the molecule is Br.C[C@@H]1CNC[C@H](C)N1CC(=O)Nc1cccc(N2CCC(=O)NC2=O)c1. The maximum Gasteiger partial charge on any atom is 0.328 e. The van der Waals surface area contributed by atoms with Gasteiger partial charge < -0.3 is 10.6 Å². The second-order valence-electron chi connectivity index (χ2n) is 6.88. The summed E-state index contributed by atoms with van der Waals surface area (Å²) in [5.41, 5.74) is 1.28. The first-order chi connectivity index (χ1) is 12.4. The van der Waals surface area contributed by atoms with E-state index in [1.165, 1.54) is 4.90 Å². The van der Waals surface area contributed by atoms with Crippen molar-refractivity contribution in [3.05, 3.63) is 24.3 Å². The second kappa shape index (κ2) is 9.29. The number of imide groups is 1. The van der Waals surface area contributed by atoms with Crippen LogP contribution in [-0.2, 0) is 9.59 Å². The van der Waals surface area contributed by atoms with E-state index >= 15 is 0 Å². The molecule has 148 valence electrons. The van der Waals surface area contributed by atoms with Crippen LogP contribution in [0.2, 0.25) is 0 Å². The Morgan fingerprint density at radius 3 is 2.59 bits per heavy atom. The normalized spacial score (nSPS) is 23.4. The van der Waals surface area contributed by atoms with Crippen LogP contribution in [0.3, 0.4) is 0 Å². The molecule has 0 aliphatic carbocycles. The molecule has 8 nitrogen and oxygen atoms in total. The first kappa shape index (κ1) is 21.3. The molecule has 0 saturated carbocycles. The summed E-state index contributed by atoms with van der Waals surface area (Å²) >= 11 is 0. The number of nitrogens with one attached hydrogen (secondary N) is 3. The minimum atomic E-state index is -0.437. The predicted molar refractivity (Wildman–Crippen MR) is 109 cm³/mol. The summed E-state index contributed by atoms with van der Waals surface area (Å²) < 4.78 is 0. The second-order valence-corrected chi connectivity index (χ2v) is 6.88. The van der Waals surface area contributed by atoms with Crippen LogP contribution in [0.1, 0.15) is 20.3 Å². The zero-order valence-corrected chi connectivity index (χ0v) is 17.2. The molecular weight excluding hydrogens is 414 g/mol. The zero-order chi connectivity index (χ0) is 18.7. The van der Waals surface area contributed by atoms with E-state index in [0.717, 1.165) is 13.1 Å². The summed E-state index contributed by atoms with van der Waals surface area (Å²) in [6.45, 7) is 6.61. The Balaban J connectivity index is 0.00000261. The average molecular weight is 440 g/mol. The third kappa shape index (κ3) is 5.27. The molecule has 0 unspecified atom stereocenters. The lowest BCUT2D eigenvalue weighted by molar-refractivity contribution is -0.120. The largest absolute Gasteiger partial charge is 0.328 e. The van der Waals surface area contributed by atoms with Gasteiger partial charge >= 0.3 is 6.03 Å². The molecular formula is C18H26BrN5O3. The predicted octanol–water partition coefficient (Wildman–Crippen LogP) is 1.33. The number of rotatable bonds is 4. The van der Waals surface area contributed by atoms with Crippen molar-refractivity contribution in [1.29, 1.82) is 0 Å². The first-order valence-corrected chi connectivity index (χ1v) is 8.92. The molecule has 0 aromatic heterocycles. The summed E-state index contributed by atoms with van der Waals surface area (Å²) in [4.78, 5) is 39.4. The monoisotopic (exact) mass is 439 g/mol. The zero-order valence-electron chi connectivity index (χ0n) is 15.5. The number of nitrogens with zero attached hydrogens (tertiary/aromatic N) is 2. The average Bonchev–Trinajstić information content (AvgIpc) is 2.58. The number of benzene rings is 1. The molecule has 2 fully saturated rings.